The summed E-state index contributed by atoms with van der Waals surface area (Å²) in [7, 11) is 0. The topological polar surface area (TPSA) is 92.2 Å². The Morgan fingerprint density at radius 1 is 0.927 bits per heavy atom. The first kappa shape index (κ1) is 29.0. The lowest BCUT2D eigenvalue weighted by molar-refractivity contribution is -0.256. The lowest BCUT2D eigenvalue weighted by atomic mass is 9.32. The number of allylic oxidation sites excluding steroid dienone is 2. The van der Waals surface area contributed by atoms with Gasteiger partial charge in [-0.1, -0.05) is 61.0 Å². The van der Waals surface area contributed by atoms with E-state index in [1.807, 2.05) is 0 Å². The highest BCUT2D eigenvalue weighted by atomic mass is 16.3. The molecule has 0 radical (unpaired) electrons. The van der Waals surface area contributed by atoms with Crippen LogP contribution in [0.25, 0.3) is 0 Å². The van der Waals surface area contributed by atoms with Crippen molar-refractivity contribution in [2.24, 2.45) is 50.7 Å². The van der Waals surface area contributed by atoms with Crippen LogP contribution >= 0.6 is 0 Å². The first-order chi connectivity index (χ1) is 19.0. The number of fused-ring (bicyclic) bond motifs is 7. The largest absolute Gasteiger partial charge is 0.370 e. The number of nitrogens with one attached hydrogen (secondary N) is 1. The van der Waals surface area contributed by atoms with E-state index < -0.39 is 11.1 Å². The Bertz CT molecular complexity index is 1300. The number of rotatable bonds is 3. The molecular weight excluding hydrogens is 510 g/mol. The van der Waals surface area contributed by atoms with Gasteiger partial charge in [0.1, 0.15) is 11.4 Å². The third-order valence-corrected chi connectivity index (χ3v) is 14.1. The van der Waals surface area contributed by atoms with Crippen LogP contribution in [0.5, 0.6) is 0 Å². The summed E-state index contributed by atoms with van der Waals surface area (Å²) in [6, 6.07) is 0. The molecule has 4 saturated carbocycles. The van der Waals surface area contributed by atoms with E-state index in [1.165, 1.54) is 30.8 Å². The van der Waals surface area contributed by atoms with Crippen molar-refractivity contribution >= 4 is 11.7 Å². The maximum atomic E-state index is 13.3. The van der Waals surface area contributed by atoms with Crippen molar-refractivity contribution < 1.29 is 14.7 Å². The van der Waals surface area contributed by atoms with Gasteiger partial charge in [-0.15, -0.1) is 0 Å². The number of ketones is 1. The molecule has 1 heterocycles. The van der Waals surface area contributed by atoms with E-state index in [4.69, 9.17) is 0 Å². The molecule has 0 aromatic carbocycles. The van der Waals surface area contributed by atoms with Crippen LogP contribution in [0.3, 0.4) is 0 Å². The molecule has 0 spiro atoms. The monoisotopic (exact) mass is 561 g/mol. The van der Waals surface area contributed by atoms with E-state index in [-0.39, 0.29) is 45.1 Å². The molecule has 5 aliphatic carbocycles. The van der Waals surface area contributed by atoms with E-state index in [9.17, 15) is 14.7 Å². The number of carbonyl (C=O) groups excluding carboxylic acids is 2. The Kier molecular flexibility index (Phi) is 6.35. The molecule has 0 unspecified atom stereocenters. The highest BCUT2D eigenvalue weighted by molar-refractivity contribution is 6.00. The van der Waals surface area contributed by atoms with Crippen LogP contribution in [0.15, 0.2) is 29.7 Å². The van der Waals surface area contributed by atoms with Crippen molar-refractivity contribution in [3.8, 4) is 0 Å². The maximum Gasteiger partial charge on any atom is 0.273 e. The molecule has 0 aliphatic heterocycles. The molecule has 0 bridgehead atoms. The van der Waals surface area contributed by atoms with Crippen molar-refractivity contribution in [3.63, 3.8) is 0 Å². The van der Waals surface area contributed by atoms with Crippen molar-refractivity contribution in [2.75, 3.05) is 0 Å². The molecule has 1 amide bonds. The SMILES string of the molecule is CC(C)C1=C2[C@H]3CC[C@@H]4[C@@]5(C)CC[C@@](O)(NC(=O)c6cnccn6)C(C)(C)[C@@H]5CC[C@@]4(C)[C@]3(C)CC[C@@]2(C)CC1=O. The molecule has 1 aromatic heterocycles. The molecule has 6 nitrogen and oxygen atoms in total. The average Bonchev–Trinajstić information content (AvgIpc) is 3.18. The van der Waals surface area contributed by atoms with Crippen LogP contribution in [-0.2, 0) is 4.79 Å². The fourth-order valence-electron chi connectivity index (χ4n) is 11.7. The number of carbonyl (C=O) groups is 2. The number of nitrogens with zero attached hydrogens (tertiary/aromatic N) is 2. The Morgan fingerprint density at radius 2 is 1.66 bits per heavy atom. The zero-order valence-electron chi connectivity index (χ0n) is 26.6. The molecule has 4 fully saturated rings. The number of aliphatic hydroxyl groups is 1. The van der Waals surface area contributed by atoms with Gasteiger partial charge in [-0.3, -0.25) is 14.6 Å². The van der Waals surface area contributed by atoms with Crippen LogP contribution in [0, 0.1) is 50.7 Å². The van der Waals surface area contributed by atoms with Gasteiger partial charge in [0.05, 0.1) is 6.20 Å². The summed E-state index contributed by atoms with van der Waals surface area (Å²) in [6.45, 7) is 18.8. The normalized spacial score (nSPS) is 45.0. The van der Waals surface area contributed by atoms with Gasteiger partial charge >= 0.3 is 0 Å². The second kappa shape index (κ2) is 8.97. The van der Waals surface area contributed by atoms with Crippen molar-refractivity contribution in [1.82, 2.24) is 15.3 Å². The van der Waals surface area contributed by atoms with Crippen molar-refractivity contribution in [2.45, 2.75) is 119 Å². The fourth-order valence-corrected chi connectivity index (χ4v) is 11.7. The zero-order chi connectivity index (χ0) is 29.8. The molecule has 1 aromatic rings. The van der Waals surface area contributed by atoms with Crippen molar-refractivity contribution in [3.05, 3.63) is 35.4 Å². The zero-order valence-corrected chi connectivity index (χ0v) is 26.6. The van der Waals surface area contributed by atoms with Crippen molar-refractivity contribution in [1.29, 1.82) is 0 Å². The third-order valence-electron chi connectivity index (χ3n) is 14.1. The minimum atomic E-state index is -1.31. The molecule has 41 heavy (non-hydrogen) atoms. The maximum absolute atomic E-state index is 13.3. The van der Waals surface area contributed by atoms with Gasteiger partial charge in [0.2, 0.25) is 0 Å². The van der Waals surface area contributed by atoms with Gasteiger partial charge in [0.25, 0.3) is 5.91 Å². The summed E-state index contributed by atoms with van der Waals surface area (Å²) in [4.78, 5) is 34.7. The summed E-state index contributed by atoms with van der Waals surface area (Å²) in [5, 5.41) is 15.1. The predicted molar refractivity (Wildman–Crippen MR) is 160 cm³/mol. The third kappa shape index (κ3) is 3.70. The lowest BCUT2D eigenvalue weighted by Crippen LogP contribution is -2.71. The summed E-state index contributed by atoms with van der Waals surface area (Å²) < 4.78 is 0. The molecule has 8 atom stereocenters. The second-order valence-electron chi connectivity index (χ2n) is 16.4. The molecule has 6 rings (SSSR count). The van der Waals surface area contributed by atoms with E-state index in [0.717, 1.165) is 37.7 Å². The second-order valence-corrected chi connectivity index (χ2v) is 16.4. The molecule has 224 valence electrons. The van der Waals surface area contributed by atoms with Crippen LogP contribution in [-0.4, -0.2) is 32.5 Å². The summed E-state index contributed by atoms with van der Waals surface area (Å²) in [5.41, 5.74) is 1.53. The molecule has 5 aliphatic rings. The van der Waals surface area contributed by atoms with E-state index in [1.54, 1.807) is 6.20 Å². The Labute approximate surface area is 246 Å². The summed E-state index contributed by atoms with van der Waals surface area (Å²) in [6.07, 6.45) is 13.4. The highest BCUT2D eigenvalue weighted by Crippen LogP contribution is 2.77. The number of amides is 1. The van der Waals surface area contributed by atoms with Gasteiger partial charge in [0, 0.05) is 24.2 Å². The Balaban J connectivity index is 1.34. The summed E-state index contributed by atoms with van der Waals surface area (Å²) in [5.74, 6) is 1.62. The standard InChI is InChI=1S/C35H51N3O3/c1-21(2)27-24(39)19-31(5)13-15-33(7)22(28(27)31)9-10-26-32(6)14-16-35(41,38-29(40)23-20-36-17-18-37-23)30(3,4)25(32)11-12-34(26,33)8/h17-18,20-22,25-26,41H,9-16,19H2,1-8H3,(H,38,40)/t22-,25+,26-,31+,32+,33-,34-,35+/m1/s1. The van der Waals surface area contributed by atoms with E-state index >= 15 is 0 Å². The van der Waals surface area contributed by atoms with Gasteiger partial charge in [0.15, 0.2) is 5.78 Å². The first-order valence-corrected chi connectivity index (χ1v) is 16.1. The molecule has 2 N–H and O–H groups in total. The van der Waals surface area contributed by atoms with E-state index in [0.29, 0.717) is 30.5 Å². The molecular formula is C35H51N3O3. The quantitative estimate of drug-likeness (QED) is 0.392. The molecule has 6 heteroatoms. The minimum absolute atomic E-state index is 0.0375. The Hall–Kier alpha value is -2.08. The number of aromatic nitrogens is 2. The minimum Gasteiger partial charge on any atom is -0.370 e. The fraction of sp³-hybridized carbons (Fsp3) is 0.771. The highest BCUT2D eigenvalue weighted by Gasteiger charge is 2.71. The number of Topliss-reactive ketones (excluding diaryl/α,β-unsaturated/α-hetero) is 1. The molecule has 0 saturated heterocycles. The van der Waals surface area contributed by atoms with Gasteiger partial charge < -0.3 is 10.4 Å². The lowest BCUT2D eigenvalue weighted by Gasteiger charge is -2.73. The average molecular weight is 562 g/mol. The summed E-state index contributed by atoms with van der Waals surface area (Å²) >= 11 is 0. The van der Waals surface area contributed by atoms with Crippen LogP contribution in [0.4, 0.5) is 0 Å². The van der Waals surface area contributed by atoms with Gasteiger partial charge in [-0.05, 0) is 102 Å². The predicted octanol–water partition coefficient (Wildman–Crippen LogP) is 6.90. The first-order valence-electron chi connectivity index (χ1n) is 16.1. The van der Waals surface area contributed by atoms with Crippen LogP contribution in [0.1, 0.15) is 124 Å². The van der Waals surface area contributed by atoms with Gasteiger partial charge in [-0.25, -0.2) is 4.98 Å². The van der Waals surface area contributed by atoms with Gasteiger partial charge in [-0.2, -0.15) is 0 Å². The Morgan fingerprint density at radius 3 is 2.32 bits per heavy atom. The number of hydrogen-bond donors (Lipinski definition) is 2. The van der Waals surface area contributed by atoms with Crippen LogP contribution in [0.2, 0.25) is 0 Å². The van der Waals surface area contributed by atoms with E-state index in [2.05, 4.69) is 70.7 Å². The smallest absolute Gasteiger partial charge is 0.273 e. The van der Waals surface area contributed by atoms with Crippen LogP contribution < -0.4 is 5.32 Å². The number of hydrogen-bond acceptors (Lipinski definition) is 5.